The summed E-state index contributed by atoms with van der Waals surface area (Å²) in [6.45, 7) is 2.14. The largest absolute Gasteiger partial charge is 0.458 e. The zero-order chi connectivity index (χ0) is 14.4. The van der Waals surface area contributed by atoms with Crippen LogP contribution in [0, 0.1) is 6.92 Å². The maximum Gasteiger partial charge on any atom is 0.331 e. The first kappa shape index (κ1) is 13.8. The Balaban J connectivity index is 1.90. The number of esters is 1. The molecule has 2 aromatic rings. The van der Waals surface area contributed by atoms with Gasteiger partial charge in [-0.2, -0.15) is 0 Å². The molecule has 102 valence electrons. The molecule has 0 unspecified atom stereocenters. The molecule has 2 rings (SSSR count). The summed E-state index contributed by atoms with van der Waals surface area (Å²) in [6, 6.07) is 11.4. The summed E-state index contributed by atoms with van der Waals surface area (Å²) < 4.78 is 5.13. The Labute approximate surface area is 117 Å². The van der Waals surface area contributed by atoms with Gasteiger partial charge in [-0.3, -0.25) is 0 Å². The highest BCUT2D eigenvalue weighted by molar-refractivity contribution is 5.87. The number of nitrogen functional groups attached to an aromatic ring is 1. The molecular formula is C16H16N2O2. The SMILES string of the molecule is Cc1cc(C=CC(=O)OCc2ccccc2)cnc1N. The molecule has 1 aromatic heterocycles. The second kappa shape index (κ2) is 6.52. The Morgan fingerprint density at radius 2 is 2.10 bits per heavy atom. The highest BCUT2D eigenvalue weighted by atomic mass is 16.5. The zero-order valence-corrected chi connectivity index (χ0v) is 11.2. The number of anilines is 1. The number of nitrogens with two attached hydrogens (primary N) is 1. The quantitative estimate of drug-likeness (QED) is 0.684. The van der Waals surface area contributed by atoms with Crippen molar-refractivity contribution in [3.8, 4) is 0 Å². The third-order valence-corrected chi connectivity index (χ3v) is 2.78. The number of hydrogen-bond acceptors (Lipinski definition) is 4. The van der Waals surface area contributed by atoms with Gasteiger partial charge in [0.05, 0.1) is 0 Å². The molecule has 1 heterocycles. The lowest BCUT2D eigenvalue weighted by molar-refractivity contribution is -0.138. The number of ether oxygens (including phenoxy) is 1. The molecule has 0 radical (unpaired) electrons. The van der Waals surface area contributed by atoms with Crippen LogP contribution < -0.4 is 5.73 Å². The van der Waals surface area contributed by atoms with Gasteiger partial charge in [0.1, 0.15) is 12.4 Å². The summed E-state index contributed by atoms with van der Waals surface area (Å²) >= 11 is 0. The molecule has 2 N–H and O–H groups in total. The third kappa shape index (κ3) is 3.95. The molecule has 0 fully saturated rings. The number of carbonyl (C=O) groups is 1. The predicted molar refractivity (Wildman–Crippen MR) is 78.7 cm³/mol. The summed E-state index contributed by atoms with van der Waals surface area (Å²) in [6.07, 6.45) is 4.66. The summed E-state index contributed by atoms with van der Waals surface area (Å²) in [5.74, 6) is 0.108. The van der Waals surface area contributed by atoms with Crippen LogP contribution in [0.15, 0.2) is 48.7 Å². The van der Waals surface area contributed by atoms with E-state index in [1.807, 2.05) is 43.3 Å². The van der Waals surface area contributed by atoms with Gasteiger partial charge in [-0.25, -0.2) is 9.78 Å². The number of rotatable bonds is 4. The lowest BCUT2D eigenvalue weighted by Crippen LogP contribution is -2.00. The van der Waals surface area contributed by atoms with E-state index < -0.39 is 0 Å². The van der Waals surface area contributed by atoms with Gasteiger partial charge in [0, 0.05) is 12.3 Å². The standard InChI is InChI=1S/C16H16N2O2/c1-12-9-14(10-18-16(12)17)7-8-15(19)20-11-13-5-3-2-4-6-13/h2-10H,11H2,1H3,(H2,17,18). The zero-order valence-electron chi connectivity index (χ0n) is 11.2. The van der Waals surface area contributed by atoms with E-state index in [1.54, 1.807) is 12.3 Å². The fourth-order valence-corrected chi connectivity index (χ4v) is 1.64. The molecule has 1 aromatic carbocycles. The van der Waals surface area contributed by atoms with Crippen LogP contribution in [0.5, 0.6) is 0 Å². The number of nitrogens with zero attached hydrogens (tertiary/aromatic N) is 1. The second-order valence-electron chi connectivity index (χ2n) is 4.40. The first-order valence-corrected chi connectivity index (χ1v) is 6.26. The fourth-order valence-electron chi connectivity index (χ4n) is 1.64. The Hall–Kier alpha value is -2.62. The van der Waals surface area contributed by atoms with Crippen LogP contribution in [-0.4, -0.2) is 11.0 Å². The monoisotopic (exact) mass is 268 g/mol. The van der Waals surface area contributed by atoms with E-state index in [0.29, 0.717) is 5.82 Å². The van der Waals surface area contributed by atoms with Gasteiger partial charge < -0.3 is 10.5 Å². The molecular weight excluding hydrogens is 252 g/mol. The van der Waals surface area contributed by atoms with Crippen LogP contribution in [0.1, 0.15) is 16.7 Å². The molecule has 0 saturated heterocycles. The van der Waals surface area contributed by atoms with Crippen molar-refractivity contribution in [2.75, 3.05) is 5.73 Å². The Morgan fingerprint density at radius 1 is 1.35 bits per heavy atom. The molecule has 0 spiro atoms. The van der Waals surface area contributed by atoms with E-state index in [4.69, 9.17) is 10.5 Å². The van der Waals surface area contributed by atoms with Crippen molar-refractivity contribution >= 4 is 17.9 Å². The van der Waals surface area contributed by atoms with Crippen LogP contribution in [-0.2, 0) is 16.1 Å². The van der Waals surface area contributed by atoms with Crippen molar-refractivity contribution in [1.29, 1.82) is 0 Å². The van der Waals surface area contributed by atoms with Gasteiger partial charge in [0.15, 0.2) is 0 Å². The average molecular weight is 268 g/mol. The van der Waals surface area contributed by atoms with Crippen molar-refractivity contribution in [1.82, 2.24) is 4.98 Å². The number of benzene rings is 1. The number of pyridine rings is 1. The Bertz CT molecular complexity index is 622. The van der Waals surface area contributed by atoms with Gasteiger partial charge >= 0.3 is 5.97 Å². The molecule has 20 heavy (non-hydrogen) atoms. The minimum absolute atomic E-state index is 0.267. The molecule has 4 nitrogen and oxygen atoms in total. The first-order valence-electron chi connectivity index (χ1n) is 6.26. The van der Waals surface area contributed by atoms with Gasteiger partial charge in [-0.05, 0) is 35.8 Å². The maximum absolute atomic E-state index is 11.6. The lowest BCUT2D eigenvalue weighted by Gasteiger charge is -2.02. The van der Waals surface area contributed by atoms with Gasteiger partial charge in [0.25, 0.3) is 0 Å². The van der Waals surface area contributed by atoms with Crippen LogP contribution in [0.4, 0.5) is 5.82 Å². The number of aromatic nitrogens is 1. The first-order chi connectivity index (χ1) is 9.65. The summed E-state index contributed by atoms with van der Waals surface area (Å²) in [7, 11) is 0. The van der Waals surface area contributed by atoms with Crippen LogP contribution in [0.3, 0.4) is 0 Å². The Morgan fingerprint density at radius 3 is 2.80 bits per heavy atom. The van der Waals surface area contributed by atoms with Crippen molar-refractivity contribution in [3.63, 3.8) is 0 Å². The van der Waals surface area contributed by atoms with Crippen molar-refractivity contribution in [3.05, 3.63) is 65.4 Å². The molecule has 0 saturated carbocycles. The van der Waals surface area contributed by atoms with Gasteiger partial charge in [0.2, 0.25) is 0 Å². The van der Waals surface area contributed by atoms with Crippen LogP contribution in [0.2, 0.25) is 0 Å². The molecule has 0 amide bonds. The third-order valence-electron chi connectivity index (χ3n) is 2.78. The van der Waals surface area contributed by atoms with Gasteiger partial charge in [-0.1, -0.05) is 30.3 Å². The molecule has 0 aliphatic heterocycles. The average Bonchev–Trinajstić information content (AvgIpc) is 2.47. The fraction of sp³-hybridized carbons (Fsp3) is 0.125. The molecule has 0 bridgehead atoms. The highest BCUT2D eigenvalue weighted by Gasteiger charge is 1.99. The normalized spacial score (nSPS) is 10.7. The smallest absolute Gasteiger partial charge is 0.331 e. The minimum atomic E-state index is -0.386. The van der Waals surface area contributed by atoms with E-state index in [-0.39, 0.29) is 12.6 Å². The van der Waals surface area contributed by atoms with Crippen molar-refractivity contribution < 1.29 is 9.53 Å². The second-order valence-corrected chi connectivity index (χ2v) is 4.40. The van der Waals surface area contributed by atoms with Crippen molar-refractivity contribution in [2.24, 2.45) is 0 Å². The topological polar surface area (TPSA) is 65.2 Å². The maximum atomic E-state index is 11.6. The number of carbonyl (C=O) groups excluding carboxylic acids is 1. The lowest BCUT2D eigenvalue weighted by atomic mass is 10.2. The van der Waals surface area contributed by atoms with E-state index >= 15 is 0 Å². The molecule has 0 atom stereocenters. The highest BCUT2D eigenvalue weighted by Crippen LogP contribution is 2.10. The summed E-state index contributed by atoms with van der Waals surface area (Å²) in [4.78, 5) is 15.6. The van der Waals surface area contributed by atoms with Crippen LogP contribution in [0.25, 0.3) is 6.08 Å². The van der Waals surface area contributed by atoms with Crippen LogP contribution >= 0.6 is 0 Å². The number of aryl methyl sites for hydroxylation is 1. The summed E-state index contributed by atoms with van der Waals surface area (Å²) in [5.41, 5.74) is 8.28. The van der Waals surface area contributed by atoms with E-state index in [0.717, 1.165) is 16.7 Å². The number of hydrogen-bond donors (Lipinski definition) is 1. The predicted octanol–water partition coefficient (Wildman–Crippen LogP) is 2.73. The van der Waals surface area contributed by atoms with E-state index in [1.165, 1.54) is 6.08 Å². The van der Waals surface area contributed by atoms with E-state index in [9.17, 15) is 4.79 Å². The Kier molecular flexibility index (Phi) is 4.50. The molecule has 0 aliphatic rings. The minimum Gasteiger partial charge on any atom is -0.458 e. The van der Waals surface area contributed by atoms with Crippen molar-refractivity contribution in [2.45, 2.75) is 13.5 Å². The molecule has 4 heteroatoms. The van der Waals surface area contributed by atoms with Gasteiger partial charge in [-0.15, -0.1) is 0 Å². The summed E-state index contributed by atoms with van der Waals surface area (Å²) in [5, 5.41) is 0. The molecule has 0 aliphatic carbocycles. The van der Waals surface area contributed by atoms with E-state index in [2.05, 4.69) is 4.98 Å².